The van der Waals surface area contributed by atoms with Crippen LogP contribution in [0.5, 0.6) is 11.5 Å². The number of H-pyrrole nitrogens is 1. The predicted molar refractivity (Wildman–Crippen MR) is 105 cm³/mol. The molecule has 1 N–H and O–H groups in total. The smallest absolute Gasteiger partial charge is 0.184 e. The van der Waals surface area contributed by atoms with Gasteiger partial charge < -0.3 is 14.6 Å². The second kappa shape index (κ2) is 6.45. The van der Waals surface area contributed by atoms with Gasteiger partial charge in [-0.05, 0) is 42.8 Å². The fourth-order valence-corrected chi connectivity index (χ4v) is 3.70. The van der Waals surface area contributed by atoms with Crippen LogP contribution in [0.15, 0.2) is 42.9 Å². The van der Waals surface area contributed by atoms with Crippen molar-refractivity contribution < 1.29 is 9.13 Å². The van der Waals surface area contributed by atoms with Gasteiger partial charge in [-0.3, -0.25) is 4.68 Å². The number of nitrogens with one attached hydrogen (secondary N) is 1. The SMILES string of the molecule is CN1CCc2ccc(Oc3c(F)cnc4[nH]c(-c5cnn(C)c5)cc34)cc2C1. The molecule has 28 heavy (non-hydrogen) atoms. The molecule has 0 amide bonds. The van der Waals surface area contributed by atoms with E-state index < -0.39 is 5.82 Å². The molecule has 4 heterocycles. The molecule has 0 saturated heterocycles. The van der Waals surface area contributed by atoms with E-state index in [0.717, 1.165) is 30.8 Å². The molecule has 1 aliphatic heterocycles. The van der Waals surface area contributed by atoms with Crippen molar-refractivity contribution >= 4 is 11.0 Å². The lowest BCUT2D eigenvalue weighted by atomic mass is 10.00. The monoisotopic (exact) mass is 377 g/mol. The van der Waals surface area contributed by atoms with Gasteiger partial charge in [0.15, 0.2) is 11.6 Å². The zero-order chi connectivity index (χ0) is 19.3. The molecule has 6 nitrogen and oxygen atoms in total. The van der Waals surface area contributed by atoms with E-state index in [0.29, 0.717) is 16.8 Å². The lowest BCUT2D eigenvalue weighted by molar-refractivity contribution is 0.312. The van der Waals surface area contributed by atoms with Crippen molar-refractivity contribution in [2.24, 2.45) is 7.05 Å². The minimum atomic E-state index is -0.487. The molecule has 5 rings (SSSR count). The minimum absolute atomic E-state index is 0.181. The number of aromatic amines is 1. The molecule has 1 aromatic carbocycles. The number of benzene rings is 1. The Labute approximate surface area is 161 Å². The number of rotatable bonds is 3. The maximum atomic E-state index is 14.6. The number of ether oxygens (including phenoxy) is 1. The summed E-state index contributed by atoms with van der Waals surface area (Å²) in [6, 6.07) is 7.84. The minimum Gasteiger partial charge on any atom is -0.453 e. The van der Waals surface area contributed by atoms with E-state index in [-0.39, 0.29) is 5.75 Å². The molecule has 0 bridgehead atoms. The summed E-state index contributed by atoms with van der Waals surface area (Å²) in [4.78, 5) is 9.66. The van der Waals surface area contributed by atoms with Crippen LogP contribution in [-0.4, -0.2) is 38.2 Å². The Morgan fingerprint density at radius 1 is 1.14 bits per heavy atom. The van der Waals surface area contributed by atoms with Gasteiger partial charge in [-0.25, -0.2) is 9.37 Å². The zero-order valence-electron chi connectivity index (χ0n) is 15.7. The Morgan fingerprint density at radius 3 is 2.86 bits per heavy atom. The highest BCUT2D eigenvalue weighted by atomic mass is 19.1. The van der Waals surface area contributed by atoms with E-state index in [2.05, 4.69) is 33.1 Å². The van der Waals surface area contributed by atoms with E-state index in [1.54, 1.807) is 10.9 Å². The normalized spacial score (nSPS) is 14.4. The van der Waals surface area contributed by atoms with Gasteiger partial charge in [0.25, 0.3) is 0 Å². The van der Waals surface area contributed by atoms with Crippen molar-refractivity contribution in [3.05, 3.63) is 59.8 Å². The molecule has 1 aliphatic rings. The fraction of sp³-hybridized carbons (Fsp3) is 0.238. The average molecular weight is 377 g/mol. The largest absolute Gasteiger partial charge is 0.453 e. The van der Waals surface area contributed by atoms with Crippen LogP contribution < -0.4 is 4.74 Å². The highest BCUT2D eigenvalue weighted by Gasteiger charge is 2.18. The fourth-order valence-electron chi connectivity index (χ4n) is 3.70. The summed E-state index contributed by atoms with van der Waals surface area (Å²) < 4.78 is 22.3. The van der Waals surface area contributed by atoms with Gasteiger partial charge in [0.05, 0.1) is 23.5 Å². The van der Waals surface area contributed by atoms with E-state index >= 15 is 0 Å². The van der Waals surface area contributed by atoms with Crippen molar-refractivity contribution in [2.45, 2.75) is 13.0 Å². The molecule has 0 spiro atoms. The van der Waals surface area contributed by atoms with Crippen molar-refractivity contribution in [2.75, 3.05) is 13.6 Å². The quantitative estimate of drug-likeness (QED) is 0.589. The maximum absolute atomic E-state index is 14.6. The molecular weight excluding hydrogens is 357 g/mol. The van der Waals surface area contributed by atoms with Gasteiger partial charge in [-0.15, -0.1) is 0 Å². The summed E-state index contributed by atoms with van der Waals surface area (Å²) in [5, 5.41) is 4.79. The average Bonchev–Trinajstić information content (AvgIpc) is 3.30. The van der Waals surface area contributed by atoms with Crippen LogP contribution in [0, 0.1) is 5.82 Å². The second-order valence-electron chi connectivity index (χ2n) is 7.30. The number of likely N-dealkylation sites (N-methyl/N-ethyl adjacent to an activating group) is 1. The van der Waals surface area contributed by atoms with Crippen LogP contribution in [0.1, 0.15) is 11.1 Å². The lowest BCUT2D eigenvalue weighted by Gasteiger charge is -2.25. The number of hydrogen-bond donors (Lipinski definition) is 1. The van der Waals surface area contributed by atoms with Gasteiger partial charge in [0.1, 0.15) is 11.4 Å². The highest BCUT2D eigenvalue weighted by Crippen LogP contribution is 2.35. The van der Waals surface area contributed by atoms with Crippen LogP contribution in [0.4, 0.5) is 4.39 Å². The summed E-state index contributed by atoms with van der Waals surface area (Å²) in [7, 11) is 3.95. The predicted octanol–water partition coefficient (Wildman–Crippen LogP) is 3.88. The molecule has 142 valence electrons. The van der Waals surface area contributed by atoms with Crippen molar-refractivity contribution in [3.8, 4) is 22.8 Å². The van der Waals surface area contributed by atoms with Crippen molar-refractivity contribution in [3.63, 3.8) is 0 Å². The highest BCUT2D eigenvalue weighted by molar-refractivity contribution is 5.88. The number of pyridine rings is 1. The summed E-state index contributed by atoms with van der Waals surface area (Å²) in [6.07, 6.45) is 5.85. The van der Waals surface area contributed by atoms with Gasteiger partial charge in [-0.2, -0.15) is 5.10 Å². The zero-order valence-corrected chi connectivity index (χ0v) is 15.7. The van der Waals surface area contributed by atoms with Crippen LogP contribution >= 0.6 is 0 Å². The standard InChI is InChI=1S/C21H20FN5O/c1-26-6-5-13-3-4-16(7-14(13)11-26)28-20-17-8-19(15-9-24-27(2)12-15)25-21(17)23-10-18(20)22/h3-4,7-10,12H,5-6,11H2,1-2H3,(H,23,25). The van der Waals surface area contributed by atoms with E-state index in [9.17, 15) is 4.39 Å². The third kappa shape index (κ3) is 2.93. The molecule has 0 atom stereocenters. The van der Waals surface area contributed by atoms with Crippen molar-refractivity contribution in [1.29, 1.82) is 0 Å². The molecule has 0 aliphatic carbocycles. The Hall–Kier alpha value is -3.19. The Morgan fingerprint density at radius 2 is 2.04 bits per heavy atom. The van der Waals surface area contributed by atoms with Gasteiger partial charge >= 0.3 is 0 Å². The first-order valence-corrected chi connectivity index (χ1v) is 9.21. The maximum Gasteiger partial charge on any atom is 0.184 e. The molecule has 0 unspecified atom stereocenters. The Balaban J connectivity index is 1.54. The van der Waals surface area contributed by atoms with Gasteiger partial charge in [0.2, 0.25) is 0 Å². The first kappa shape index (κ1) is 16.9. The molecular formula is C21H20FN5O. The van der Waals surface area contributed by atoms with E-state index in [4.69, 9.17) is 4.74 Å². The first-order valence-electron chi connectivity index (χ1n) is 9.21. The van der Waals surface area contributed by atoms with Crippen LogP contribution in [0.2, 0.25) is 0 Å². The summed E-state index contributed by atoms with van der Waals surface area (Å²) >= 11 is 0. The van der Waals surface area contributed by atoms with Crippen molar-refractivity contribution in [1.82, 2.24) is 24.6 Å². The lowest BCUT2D eigenvalue weighted by Crippen LogP contribution is -2.26. The molecule has 0 saturated carbocycles. The molecule has 3 aromatic heterocycles. The number of hydrogen-bond acceptors (Lipinski definition) is 4. The topological polar surface area (TPSA) is 59.0 Å². The Kier molecular flexibility index (Phi) is 3.91. The summed E-state index contributed by atoms with van der Waals surface area (Å²) in [6.45, 7) is 1.92. The summed E-state index contributed by atoms with van der Waals surface area (Å²) in [5.74, 6) is 0.323. The second-order valence-corrected chi connectivity index (χ2v) is 7.30. The number of halogens is 1. The summed E-state index contributed by atoms with van der Waals surface area (Å²) in [5.41, 5.74) is 4.85. The number of aryl methyl sites for hydroxylation is 1. The number of aromatic nitrogens is 4. The molecule has 0 radical (unpaired) electrons. The molecule has 4 aromatic rings. The number of nitrogens with zero attached hydrogens (tertiary/aromatic N) is 4. The Bertz CT molecular complexity index is 1180. The van der Waals surface area contributed by atoms with Gasteiger partial charge in [0, 0.05) is 31.9 Å². The molecule has 0 fully saturated rings. The van der Waals surface area contributed by atoms with Crippen LogP contribution in [0.25, 0.3) is 22.3 Å². The molecule has 7 heteroatoms. The number of fused-ring (bicyclic) bond motifs is 2. The third-order valence-corrected chi connectivity index (χ3v) is 5.18. The van der Waals surface area contributed by atoms with Crippen LogP contribution in [-0.2, 0) is 20.0 Å². The van der Waals surface area contributed by atoms with E-state index in [1.807, 2.05) is 31.4 Å². The van der Waals surface area contributed by atoms with Crippen LogP contribution in [0.3, 0.4) is 0 Å². The third-order valence-electron chi connectivity index (χ3n) is 5.18. The van der Waals surface area contributed by atoms with E-state index in [1.165, 1.54) is 17.3 Å². The van der Waals surface area contributed by atoms with Gasteiger partial charge in [-0.1, -0.05) is 6.07 Å². The first-order chi connectivity index (χ1) is 13.6.